The smallest absolute Gasteiger partial charge is 0.387 e. The summed E-state index contributed by atoms with van der Waals surface area (Å²) >= 11 is 6.15. The Bertz CT molecular complexity index is 462. The summed E-state index contributed by atoms with van der Waals surface area (Å²) in [6.45, 7) is 5.09. The van der Waals surface area contributed by atoms with Crippen molar-refractivity contribution >= 4 is 17.3 Å². The molecule has 2 rings (SSSR count). The molecule has 110 valence electrons. The van der Waals surface area contributed by atoms with Gasteiger partial charge in [0.2, 0.25) is 0 Å². The Kier molecular flexibility index (Phi) is 5.20. The minimum Gasteiger partial charge on any atom is -0.433 e. The molecular weight excluding hydrogens is 286 g/mol. The van der Waals surface area contributed by atoms with Crippen molar-refractivity contribution in [3.63, 3.8) is 0 Å². The molecule has 0 saturated carbocycles. The maximum atomic E-state index is 12.3. The van der Waals surface area contributed by atoms with Gasteiger partial charge in [0, 0.05) is 32.7 Å². The molecule has 0 unspecified atom stereocenters. The van der Waals surface area contributed by atoms with Crippen LogP contribution in [0, 0.1) is 0 Å². The zero-order valence-electron chi connectivity index (χ0n) is 11.1. The second-order valence-electron chi connectivity index (χ2n) is 4.54. The van der Waals surface area contributed by atoms with Gasteiger partial charge >= 0.3 is 6.61 Å². The number of benzene rings is 1. The summed E-state index contributed by atoms with van der Waals surface area (Å²) in [5.41, 5.74) is 0.739. The van der Waals surface area contributed by atoms with Crippen molar-refractivity contribution in [3.8, 4) is 5.75 Å². The Morgan fingerprint density at radius 2 is 2.00 bits per heavy atom. The molecule has 1 aromatic rings. The van der Waals surface area contributed by atoms with Crippen molar-refractivity contribution in [2.24, 2.45) is 0 Å². The minimum atomic E-state index is -2.87. The van der Waals surface area contributed by atoms with Crippen LogP contribution in [0.1, 0.15) is 0 Å². The molecule has 1 aliphatic heterocycles. The van der Waals surface area contributed by atoms with Crippen LogP contribution in [0.15, 0.2) is 30.9 Å². The number of hydrogen-bond donors (Lipinski definition) is 0. The largest absolute Gasteiger partial charge is 0.433 e. The van der Waals surface area contributed by atoms with Gasteiger partial charge in [0.05, 0.1) is 5.69 Å². The monoisotopic (exact) mass is 302 g/mol. The summed E-state index contributed by atoms with van der Waals surface area (Å²) in [4.78, 5) is 4.36. The number of anilines is 1. The molecule has 1 heterocycles. The Labute approximate surface area is 122 Å². The molecule has 0 bridgehead atoms. The first kappa shape index (κ1) is 15.1. The van der Waals surface area contributed by atoms with Gasteiger partial charge in [-0.25, -0.2) is 0 Å². The summed E-state index contributed by atoms with van der Waals surface area (Å²) in [7, 11) is 0. The lowest BCUT2D eigenvalue weighted by Crippen LogP contribution is -2.46. The van der Waals surface area contributed by atoms with Gasteiger partial charge in [0.25, 0.3) is 0 Å². The van der Waals surface area contributed by atoms with Crippen molar-refractivity contribution in [3.05, 3.63) is 35.9 Å². The number of piperazine rings is 1. The first-order valence-electron chi connectivity index (χ1n) is 6.43. The molecule has 0 N–H and O–H groups in total. The lowest BCUT2D eigenvalue weighted by Gasteiger charge is -2.36. The normalized spacial score (nSPS) is 16.5. The maximum absolute atomic E-state index is 12.3. The Morgan fingerprint density at radius 1 is 1.30 bits per heavy atom. The van der Waals surface area contributed by atoms with E-state index < -0.39 is 6.61 Å². The van der Waals surface area contributed by atoms with Crippen LogP contribution in [-0.4, -0.2) is 44.2 Å². The number of ether oxygens (including phenoxy) is 1. The molecule has 0 amide bonds. The van der Waals surface area contributed by atoms with E-state index in [1.54, 1.807) is 6.07 Å². The summed E-state index contributed by atoms with van der Waals surface area (Å²) in [5, 5.41) is 0.241. The lowest BCUT2D eigenvalue weighted by atomic mass is 10.2. The molecule has 0 aliphatic carbocycles. The number of nitrogens with zero attached hydrogens (tertiary/aromatic N) is 2. The van der Waals surface area contributed by atoms with Crippen LogP contribution in [0.2, 0.25) is 5.02 Å². The summed E-state index contributed by atoms with van der Waals surface area (Å²) in [5.74, 6) is 0.0210. The average Bonchev–Trinajstić information content (AvgIpc) is 2.42. The van der Waals surface area contributed by atoms with E-state index in [4.69, 9.17) is 11.6 Å². The SMILES string of the molecule is C=CCN1CCN(c2cccc(OC(F)F)c2Cl)CC1. The molecule has 0 aromatic heterocycles. The molecule has 0 radical (unpaired) electrons. The van der Waals surface area contributed by atoms with E-state index in [0.717, 1.165) is 38.4 Å². The Balaban J connectivity index is 2.08. The van der Waals surface area contributed by atoms with Crippen molar-refractivity contribution in [1.29, 1.82) is 0 Å². The number of hydrogen-bond acceptors (Lipinski definition) is 3. The van der Waals surface area contributed by atoms with Gasteiger partial charge in [-0.05, 0) is 12.1 Å². The Morgan fingerprint density at radius 3 is 2.60 bits per heavy atom. The van der Waals surface area contributed by atoms with Gasteiger partial charge < -0.3 is 9.64 Å². The second-order valence-corrected chi connectivity index (χ2v) is 4.92. The fourth-order valence-corrected chi connectivity index (χ4v) is 2.57. The van der Waals surface area contributed by atoms with Gasteiger partial charge in [-0.15, -0.1) is 6.58 Å². The quantitative estimate of drug-likeness (QED) is 0.777. The van der Waals surface area contributed by atoms with Gasteiger partial charge in [-0.3, -0.25) is 4.90 Å². The van der Waals surface area contributed by atoms with Crippen LogP contribution in [0.4, 0.5) is 14.5 Å². The van der Waals surface area contributed by atoms with Crippen LogP contribution in [-0.2, 0) is 0 Å². The van der Waals surface area contributed by atoms with Gasteiger partial charge in [0.15, 0.2) is 0 Å². The average molecular weight is 303 g/mol. The molecule has 1 saturated heterocycles. The van der Waals surface area contributed by atoms with Gasteiger partial charge in [0.1, 0.15) is 10.8 Å². The standard InChI is InChI=1S/C14H17ClF2N2O/c1-2-6-18-7-9-19(10-8-18)11-4-3-5-12(13(11)15)20-14(16)17/h2-5,14H,1,6-10H2. The fraction of sp³-hybridized carbons (Fsp3) is 0.429. The summed E-state index contributed by atoms with van der Waals surface area (Å²) in [6, 6.07) is 4.95. The number of halogens is 3. The minimum absolute atomic E-state index is 0.0210. The molecule has 3 nitrogen and oxygen atoms in total. The molecule has 1 fully saturated rings. The van der Waals surface area contributed by atoms with E-state index >= 15 is 0 Å². The van der Waals surface area contributed by atoms with Crippen LogP contribution >= 0.6 is 11.6 Å². The van der Waals surface area contributed by atoms with Crippen LogP contribution in [0.3, 0.4) is 0 Å². The highest BCUT2D eigenvalue weighted by atomic mass is 35.5. The highest BCUT2D eigenvalue weighted by Crippen LogP contribution is 2.35. The first-order chi connectivity index (χ1) is 9.61. The van der Waals surface area contributed by atoms with Crippen LogP contribution in [0.25, 0.3) is 0 Å². The van der Waals surface area contributed by atoms with Gasteiger partial charge in [-0.2, -0.15) is 8.78 Å². The topological polar surface area (TPSA) is 15.7 Å². The van der Waals surface area contributed by atoms with Crippen LogP contribution < -0.4 is 9.64 Å². The van der Waals surface area contributed by atoms with E-state index in [-0.39, 0.29) is 10.8 Å². The predicted octanol–water partition coefficient (Wildman–Crippen LogP) is 3.25. The van der Waals surface area contributed by atoms with E-state index in [1.807, 2.05) is 12.1 Å². The van der Waals surface area contributed by atoms with E-state index in [9.17, 15) is 8.78 Å². The van der Waals surface area contributed by atoms with E-state index in [1.165, 1.54) is 6.07 Å². The zero-order chi connectivity index (χ0) is 14.5. The third kappa shape index (κ3) is 3.61. The molecule has 20 heavy (non-hydrogen) atoms. The highest BCUT2D eigenvalue weighted by Gasteiger charge is 2.20. The fourth-order valence-electron chi connectivity index (χ4n) is 2.28. The van der Waals surface area contributed by atoms with E-state index in [0.29, 0.717) is 0 Å². The van der Waals surface area contributed by atoms with Crippen molar-refractivity contribution in [2.75, 3.05) is 37.6 Å². The van der Waals surface area contributed by atoms with E-state index in [2.05, 4.69) is 21.1 Å². The molecule has 1 aromatic carbocycles. The molecule has 0 atom stereocenters. The lowest BCUT2D eigenvalue weighted by molar-refractivity contribution is -0.0497. The van der Waals surface area contributed by atoms with Gasteiger partial charge in [-0.1, -0.05) is 23.7 Å². The number of rotatable bonds is 5. The molecule has 0 spiro atoms. The number of alkyl halides is 2. The van der Waals surface area contributed by atoms with Crippen LogP contribution in [0.5, 0.6) is 5.75 Å². The molecular formula is C14H17ClF2N2O. The Hall–Kier alpha value is -1.33. The maximum Gasteiger partial charge on any atom is 0.387 e. The van der Waals surface area contributed by atoms with Crippen molar-refractivity contribution < 1.29 is 13.5 Å². The second kappa shape index (κ2) is 6.90. The third-order valence-electron chi connectivity index (χ3n) is 3.26. The van der Waals surface area contributed by atoms with Crippen molar-refractivity contribution in [1.82, 2.24) is 4.90 Å². The third-order valence-corrected chi connectivity index (χ3v) is 3.64. The van der Waals surface area contributed by atoms with Crippen molar-refractivity contribution in [2.45, 2.75) is 6.61 Å². The predicted molar refractivity (Wildman–Crippen MR) is 76.9 cm³/mol. The molecule has 1 aliphatic rings. The summed E-state index contributed by atoms with van der Waals surface area (Å²) < 4.78 is 29.0. The first-order valence-corrected chi connectivity index (χ1v) is 6.81. The highest BCUT2D eigenvalue weighted by molar-refractivity contribution is 6.34. The summed E-state index contributed by atoms with van der Waals surface area (Å²) in [6.07, 6.45) is 1.87. The molecule has 6 heteroatoms. The zero-order valence-corrected chi connectivity index (χ0v) is 11.8.